The molecular formula is C18H23N3. The first-order valence-corrected chi connectivity index (χ1v) is 7.75. The average Bonchev–Trinajstić information content (AvgIpc) is 2.55. The van der Waals surface area contributed by atoms with E-state index in [-0.39, 0.29) is 0 Å². The molecule has 0 amide bonds. The fourth-order valence-electron chi connectivity index (χ4n) is 2.80. The molecule has 3 rings (SSSR count). The van der Waals surface area contributed by atoms with Gasteiger partial charge >= 0.3 is 0 Å². The molecule has 0 radical (unpaired) electrons. The standard InChI is InChI=1S/C18H23N3/c1-16-5-7-18(8-6-16)21-14-12-20(13-15-21)11-9-17-4-2-3-10-19-17/h2-8,10H,9,11-15H2,1H3. The van der Waals surface area contributed by atoms with Crippen molar-refractivity contribution in [2.24, 2.45) is 0 Å². The van der Waals surface area contributed by atoms with Gasteiger partial charge in [0.2, 0.25) is 0 Å². The molecule has 1 aliphatic rings. The molecular weight excluding hydrogens is 258 g/mol. The Kier molecular flexibility index (Phi) is 4.51. The van der Waals surface area contributed by atoms with Crippen molar-refractivity contribution in [2.45, 2.75) is 13.3 Å². The van der Waals surface area contributed by atoms with Crippen molar-refractivity contribution in [1.82, 2.24) is 9.88 Å². The van der Waals surface area contributed by atoms with Gasteiger partial charge in [-0.05, 0) is 31.2 Å². The van der Waals surface area contributed by atoms with Crippen LogP contribution >= 0.6 is 0 Å². The monoisotopic (exact) mass is 281 g/mol. The molecule has 21 heavy (non-hydrogen) atoms. The third-order valence-corrected chi connectivity index (χ3v) is 4.18. The number of nitrogens with zero attached hydrogens (tertiary/aromatic N) is 3. The molecule has 3 heteroatoms. The summed E-state index contributed by atoms with van der Waals surface area (Å²) in [6.07, 6.45) is 2.93. The highest BCUT2D eigenvalue weighted by molar-refractivity contribution is 5.47. The van der Waals surface area contributed by atoms with Crippen LogP contribution in [0.5, 0.6) is 0 Å². The largest absolute Gasteiger partial charge is 0.369 e. The van der Waals surface area contributed by atoms with Crippen LogP contribution in [0.15, 0.2) is 48.7 Å². The summed E-state index contributed by atoms with van der Waals surface area (Å²) in [5.74, 6) is 0. The SMILES string of the molecule is Cc1ccc(N2CCN(CCc3ccccn3)CC2)cc1. The van der Waals surface area contributed by atoms with Crippen molar-refractivity contribution in [2.75, 3.05) is 37.6 Å². The van der Waals surface area contributed by atoms with Crippen LogP contribution in [0.4, 0.5) is 5.69 Å². The molecule has 0 saturated carbocycles. The molecule has 0 unspecified atom stereocenters. The second kappa shape index (κ2) is 6.72. The highest BCUT2D eigenvalue weighted by atomic mass is 15.3. The van der Waals surface area contributed by atoms with Crippen LogP contribution < -0.4 is 4.90 Å². The molecule has 1 aromatic carbocycles. The lowest BCUT2D eigenvalue weighted by molar-refractivity contribution is 0.260. The van der Waals surface area contributed by atoms with Crippen LogP contribution in [0, 0.1) is 6.92 Å². The predicted octanol–water partition coefficient (Wildman–Crippen LogP) is 2.75. The molecule has 0 bridgehead atoms. The Labute approximate surface area is 127 Å². The maximum Gasteiger partial charge on any atom is 0.0416 e. The average molecular weight is 281 g/mol. The van der Waals surface area contributed by atoms with Crippen LogP contribution in [0.2, 0.25) is 0 Å². The minimum absolute atomic E-state index is 1.05. The van der Waals surface area contributed by atoms with E-state index in [9.17, 15) is 0 Å². The Morgan fingerprint density at radius 3 is 2.38 bits per heavy atom. The van der Waals surface area contributed by atoms with E-state index in [2.05, 4.69) is 58.1 Å². The smallest absolute Gasteiger partial charge is 0.0416 e. The number of piperazine rings is 1. The normalized spacial score (nSPS) is 16.1. The highest BCUT2D eigenvalue weighted by Gasteiger charge is 2.16. The van der Waals surface area contributed by atoms with Crippen molar-refractivity contribution in [3.63, 3.8) is 0 Å². The van der Waals surface area contributed by atoms with Crippen LogP contribution in [0.3, 0.4) is 0 Å². The van der Waals surface area contributed by atoms with Crippen LogP contribution in [0.25, 0.3) is 0 Å². The Hall–Kier alpha value is -1.87. The molecule has 1 aromatic heterocycles. The van der Waals surface area contributed by atoms with Crippen molar-refractivity contribution in [3.05, 3.63) is 59.9 Å². The van der Waals surface area contributed by atoms with Gasteiger partial charge in [0.15, 0.2) is 0 Å². The minimum atomic E-state index is 1.05. The third kappa shape index (κ3) is 3.82. The van der Waals surface area contributed by atoms with E-state index < -0.39 is 0 Å². The highest BCUT2D eigenvalue weighted by Crippen LogP contribution is 2.17. The molecule has 0 spiro atoms. The first-order valence-electron chi connectivity index (χ1n) is 7.75. The number of aryl methyl sites for hydroxylation is 1. The van der Waals surface area contributed by atoms with Gasteiger partial charge in [-0.2, -0.15) is 0 Å². The minimum Gasteiger partial charge on any atom is -0.369 e. The molecule has 1 fully saturated rings. The van der Waals surface area contributed by atoms with Gasteiger partial charge in [-0.1, -0.05) is 23.8 Å². The summed E-state index contributed by atoms with van der Waals surface area (Å²) in [6, 6.07) is 15.0. The second-order valence-corrected chi connectivity index (χ2v) is 5.74. The van der Waals surface area contributed by atoms with Gasteiger partial charge < -0.3 is 4.90 Å². The maximum atomic E-state index is 4.40. The summed E-state index contributed by atoms with van der Waals surface area (Å²) in [5.41, 5.74) is 3.87. The van der Waals surface area contributed by atoms with Gasteiger partial charge in [-0.25, -0.2) is 0 Å². The molecule has 3 nitrogen and oxygen atoms in total. The molecule has 0 N–H and O–H groups in total. The lowest BCUT2D eigenvalue weighted by Crippen LogP contribution is -2.47. The van der Waals surface area contributed by atoms with Crippen molar-refractivity contribution >= 4 is 5.69 Å². The predicted molar refractivity (Wildman–Crippen MR) is 87.8 cm³/mol. The molecule has 1 aliphatic heterocycles. The summed E-state index contributed by atoms with van der Waals surface area (Å²) in [6.45, 7) is 7.76. The van der Waals surface area contributed by atoms with Crippen molar-refractivity contribution < 1.29 is 0 Å². The zero-order valence-electron chi connectivity index (χ0n) is 12.7. The van der Waals surface area contributed by atoms with E-state index in [1.54, 1.807) is 0 Å². The van der Waals surface area contributed by atoms with Gasteiger partial charge in [0.25, 0.3) is 0 Å². The molecule has 0 atom stereocenters. The van der Waals surface area contributed by atoms with E-state index in [1.807, 2.05) is 12.3 Å². The van der Waals surface area contributed by atoms with Gasteiger partial charge in [-0.3, -0.25) is 9.88 Å². The zero-order valence-corrected chi connectivity index (χ0v) is 12.7. The summed E-state index contributed by atoms with van der Waals surface area (Å²) in [7, 11) is 0. The Balaban J connectivity index is 1.48. The summed E-state index contributed by atoms with van der Waals surface area (Å²) < 4.78 is 0. The molecule has 110 valence electrons. The van der Waals surface area contributed by atoms with Crippen LogP contribution in [-0.2, 0) is 6.42 Å². The Morgan fingerprint density at radius 2 is 1.71 bits per heavy atom. The summed E-state index contributed by atoms with van der Waals surface area (Å²) in [4.78, 5) is 9.42. The third-order valence-electron chi connectivity index (χ3n) is 4.18. The van der Waals surface area contributed by atoms with Gasteiger partial charge in [-0.15, -0.1) is 0 Å². The molecule has 2 heterocycles. The number of hydrogen-bond donors (Lipinski definition) is 0. The summed E-state index contributed by atoms with van der Waals surface area (Å²) in [5, 5.41) is 0. The second-order valence-electron chi connectivity index (χ2n) is 5.74. The Bertz CT molecular complexity index is 542. The van der Waals surface area contributed by atoms with E-state index in [0.717, 1.165) is 39.1 Å². The van der Waals surface area contributed by atoms with Crippen molar-refractivity contribution in [3.8, 4) is 0 Å². The Morgan fingerprint density at radius 1 is 0.952 bits per heavy atom. The van der Waals surface area contributed by atoms with Crippen LogP contribution in [-0.4, -0.2) is 42.6 Å². The first-order chi connectivity index (χ1) is 10.3. The van der Waals surface area contributed by atoms with E-state index in [4.69, 9.17) is 0 Å². The van der Waals surface area contributed by atoms with Gasteiger partial charge in [0, 0.05) is 56.7 Å². The fourth-order valence-corrected chi connectivity index (χ4v) is 2.80. The fraction of sp³-hybridized carbons (Fsp3) is 0.389. The van der Waals surface area contributed by atoms with Gasteiger partial charge in [0.05, 0.1) is 0 Å². The van der Waals surface area contributed by atoms with E-state index in [0.29, 0.717) is 0 Å². The van der Waals surface area contributed by atoms with E-state index in [1.165, 1.54) is 16.9 Å². The quantitative estimate of drug-likeness (QED) is 0.859. The maximum absolute atomic E-state index is 4.40. The van der Waals surface area contributed by atoms with E-state index >= 15 is 0 Å². The number of anilines is 1. The summed E-state index contributed by atoms with van der Waals surface area (Å²) >= 11 is 0. The lowest BCUT2D eigenvalue weighted by Gasteiger charge is -2.36. The lowest BCUT2D eigenvalue weighted by atomic mass is 10.2. The number of pyridine rings is 1. The molecule has 0 aliphatic carbocycles. The number of benzene rings is 1. The van der Waals surface area contributed by atoms with Crippen LogP contribution in [0.1, 0.15) is 11.3 Å². The number of hydrogen-bond acceptors (Lipinski definition) is 3. The molecule has 2 aromatic rings. The number of rotatable bonds is 4. The van der Waals surface area contributed by atoms with Gasteiger partial charge in [0.1, 0.15) is 0 Å². The number of aromatic nitrogens is 1. The zero-order chi connectivity index (χ0) is 14.5. The topological polar surface area (TPSA) is 19.4 Å². The molecule has 1 saturated heterocycles. The first kappa shape index (κ1) is 14.1. The van der Waals surface area contributed by atoms with Crippen molar-refractivity contribution in [1.29, 1.82) is 0 Å².